The minimum Gasteiger partial charge on any atom is -0.481 e. The third-order valence-corrected chi connectivity index (χ3v) is 4.84. The van der Waals surface area contributed by atoms with Crippen molar-refractivity contribution in [3.63, 3.8) is 0 Å². The van der Waals surface area contributed by atoms with Crippen molar-refractivity contribution in [1.29, 1.82) is 0 Å². The predicted octanol–water partition coefficient (Wildman–Crippen LogP) is 5.74. The summed E-state index contributed by atoms with van der Waals surface area (Å²) in [4.78, 5) is 7.62. The SMILES string of the molecule is COc1cc(Oc2csc(C(F)(F)F)c2)nc(-c2csc(Cl)c2)n1. The van der Waals surface area contributed by atoms with Gasteiger partial charge in [-0.15, -0.1) is 22.7 Å². The van der Waals surface area contributed by atoms with Crippen molar-refractivity contribution in [2.45, 2.75) is 6.18 Å². The molecule has 0 aliphatic rings. The summed E-state index contributed by atoms with van der Waals surface area (Å²) in [5, 5.41) is 3.02. The first-order valence-corrected chi connectivity index (χ1v) is 8.50. The van der Waals surface area contributed by atoms with E-state index in [1.54, 1.807) is 11.4 Å². The Morgan fingerprint density at radius 3 is 2.38 bits per heavy atom. The van der Waals surface area contributed by atoms with E-state index in [2.05, 4.69) is 9.97 Å². The third-order valence-electron chi connectivity index (χ3n) is 2.79. The fraction of sp³-hybridized carbons (Fsp3) is 0.143. The Kier molecular flexibility index (Phi) is 4.66. The molecule has 3 aromatic heterocycles. The molecule has 126 valence electrons. The molecular formula is C14H8ClF3N2O2S2. The van der Waals surface area contributed by atoms with Crippen LogP contribution in [0.15, 0.2) is 29.0 Å². The molecule has 0 saturated carbocycles. The highest BCUT2D eigenvalue weighted by molar-refractivity contribution is 7.14. The lowest BCUT2D eigenvalue weighted by molar-refractivity contribution is -0.134. The summed E-state index contributed by atoms with van der Waals surface area (Å²) in [6.45, 7) is 0. The Labute approximate surface area is 147 Å². The molecule has 0 atom stereocenters. The van der Waals surface area contributed by atoms with Gasteiger partial charge < -0.3 is 9.47 Å². The zero-order valence-electron chi connectivity index (χ0n) is 11.9. The number of methoxy groups -OCH3 is 1. The summed E-state index contributed by atoms with van der Waals surface area (Å²) in [7, 11) is 1.42. The van der Waals surface area contributed by atoms with Gasteiger partial charge in [0, 0.05) is 22.4 Å². The quantitative estimate of drug-likeness (QED) is 0.568. The van der Waals surface area contributed by atoms with Crippen LogP contribution in [0, 0.1) is 0 Å². The molecule has 3 rings (SSSR count). The van der Waals surface area contributed by atoms with Gasteiger partial charge in [0.2, 0.25) is 11.8 Å². The molecule has 3 aromatic rings. The van der Waals surface area contributed by atoms with Gasteiger partial charge in [-0.1, -0.05) is 11.6 Å². The van der Waals surface area contributed by atoms with Gasteiger partial charge in [0.25, 0.3) is 0 Å². The second-order valence-corrected chi connectivity index (χ2v) is 6.91. The summed E-state index contributed by atoms with van der Waals surface area (Å²) in [6.07, 6.45) is -4.41. The van der Waals surface area contributed by atoms with Crippen molar-refractivity contribution in [2.75, 3.05) is 7.11 Å². The Bertz CT molecular complexity index is 864. The number of aromatic nitrogens is 2. The van der Waals surface area contributed by atoms with Crippen molar-refractivity contribution in [2.24, 2.45) is 0 Å². The predicted molar refractivity (Wildman–Crippen MR) is 86.3 cm³/mol. The minimum absolute atomic E-state index is 0.0439. The number of thiophene rings is 2. The number of halogens is 4. The van der Waals surface area contributed by atoms with Gasteiger partial charge in [-0.2, -0.15) is 23.1 Å². The zero-order valence-corrected chi connectivity index (χ0v) is 14.3. The van der Waals surface area contributed by atoms with E-state index in [0.717, 1.165) is 6.07 Å². The lowest BCUT2D eigenvalue weighted by Crippen LogP contribution is -2.00. The Morgan fingerprint density at radius 1 is 1.04 bits per heavy atom. The van der Waals surface area contributed by atoms with Crippen LogP contribution in [0.4, 0.5) is 13.2 Å². The van der Waals surface area contributed by atoms with E-state index < -0.39 is 11.1 Å². The van der Waals surface area contributed by atoms with Crippen LogP contribution >= 0.6 is 34.3 Å². The summed E-state index contributed by atoms with van der Waals surface area (Å²) in [5.74, 6) is 0.649. The van der Waals surface area contributed by atoms with E-state index in [-0.39, 0.29) is 17.5 Å². The first-order chi connectivity index (χ1) is 11.3. The monoisotopic (exact) mass is 392 g/mol. The summed E-state index contributed by atoms with van der Waals surface area (Å²) >= 11 is 7.75. The van der Waals surface area contributed by atoms with E-state index in [0.29, 0.717) is 27.1 Å². The van der Waals surface area contributed by atoms with Gasteiger partial charge >= 0.3 is 6.18 Å². The fourth-order valence-corrected chi connectivity index (χ4v) is 3.30. The van der Waals surface area contributed by atoms with Crippen molar-refractivity contribution in [3.05, 3.63) is 38.2 Å². The second kappa shape index (κ2) is 6.58. The lowest BCUT2D eigenvalue weighted by Gasteiger charge is -2.07. The molecule has 0 N–H and O–H groups in total. The first-order valence-electron chi connectivity index (χ1n) is 6.36. The van der Waals surface area contributed by atoms with Gasteiger partial charge in [-0.25, -0.2) is 0 Å². The summed E-state index contributed by atoms with van der Waals surface area (Å²) in [5.41, 5.74) is 0.662. The highest BCUT2D eigenvalue weighted by Crippen LogP contribution is 2.38. The Balaban J connectivity index is 1.91. The highest BCUT2D eigenvalue weighted by Gasteiger charge is 2.32. The summed E-state index contributed by atoms with van der Waals surface area (Å²) < 4.78 is 49.0. The van der Waals surface area contributed by atoms with Gasteiger partial charge in [0.05, 0.1) is 17.5 Å². The van der Waals surface area contributed by atoms with Gasteiger partial charge in [-0.05, 0) is 6.07 Å². The van der Waals surface area contributed by atoms with Crippen molar-refractivity contribution >= 4 is 34.3 Å². The number of nitrogens with zero attached hydrogens (tertiary/aromatic N) is 2. The van der Waals surface area contributed by atoms with Crippen LogP contribution in [0.5, 0.6) is 17.5 Å². The molecule has 0 saturated heterocycles. The van der Waals surface area contributed by atoms with E-state index >= 15 is 0 Å². The van der Waals surface area contributed by atoms with Crippen LogP contribution in [0.1, 0.15) is 4.88 Å². The molecule has 0 aromatic carbocycles. The van der Waals surface area contributed by atoms with E-state index in [1.165, 1.54) is 29.9 Å². The molecule has 3 heterocycles. The molecule has 0 bridgehead atoms. The van der Waals surface area contributed by atoms with Gasteiger partial charge in [-0.3, -0.25) is 0 Å². The standard InChI is InChI=1S/C14H8ClF3N2O2S2/c1-21-11-4-12(20-13(19-11)7-2-10(15)24-5-7)22-8-3-9(23-6-8)14(16,17)18/h2-6H,1H3. The van der Waals surface area contributed by atoms with Gasteiger partial charge in [0.15, 0.2) is 5.82 Å². The average molecular weight is 393 g/mol. The number of ether oxygens (including phenoxy) is 2. The molecule has 4 nitrogen and oxygen atoms in total. The van der Waals surface area contributed by atoms with E-state index in [4.69, 9.17) is 21.1 Å². The molecule has 0 radical (unpaired) electrons. The normalized spacial score (nSPS) is 11.5. The van der Waals surface area contributed by atoms with E-state index in [1.807, 2.05) is 0 Å². The van der Waals surface area contributed by atoms with Crippen LogP contribution in [0.2, 0.25) is 4.34 Å². The fourth-order valence-electron chi connectivity index (χ4n) is 1.76. The average Bonchev–Trinajstić information content (AvgIpc) is 3.15. The molecule has 0 amide bonds. The van der Waals surface area contributed by atoms with Gasteiger partial charge in [0.1, 0.15) is 10.6 Å². The highest BCUT2D eigenvalue weighted by atomic mass is 35.5. The third kappa shape index (κ3) is 3.80. The minimum atomic E-state index is -4.41. The van der Waals surface area contributed by atoms with Crippen molar-refractivity contribution in [3.8, 4) is 28.9 Å². The number of alkyl halides is 3. The molecule has 0 fully saturated rings. The molecule has 0 unspecified atom stereocenters. The Hall–Kier alpha value is -1.84. The molecular weight excluding hydrogens is 385 g/mol. The molecule has 24 heavy (non-hydrogen) atoms. The van der Waals surface area contributed by atoms with Crippen molar-refractivity contribution in [1.82, 2.24) is 9.97 Å². The Morgan fingerprint density at radius 2 is 1.79 bits per heavy atom. The van der Waals surface area contributed by atoms with Crippen molar-refractivity contribution < 1.29 is 22.6 Å². The topological polar surface area (TPSA) is 44.2 Å². The lowest BCUT2D eigenvalue weighted by atomic mass is 10.3. The number of hydrogen-bond donors (Lipinski definition) is 0. The number of hydrogen-bond acceptors (Lipinski definition) is 6. The maximum absolute atomic E-state index is 12.6. The smallest absolute Gasteiger partial charge is 0.425 e. The zero-order chi connectivity index (χ0) is 17.3. The summed E-state index contributed by atoms with van der Waals surface area (Å²) in [6, 6.07) is 3.99. The maximum atomic E-state index is 12.6. The molecule has 0 aliphatic heterocycles. The molecule has 0 aliphatic carbocycles. The number of rotatable bonds is 4. The van der Waals surface area contributed by atoms with E-state index in [9.17, 15) is 13.2 Å². The second-order valence-electron chi connectivity index (χ2n) is 4.46. The molecule has 10 heteroatoms. The van der Waals surface area contributed by atoms with Crippen LogP contribution in [0.3, 0.4) is 0 Å². The van der Waals surface area contributed by atoms with Crippen LogP contribution < -0.4 is 9.47 Å². The van der Waals surface area contributed by atoms with Crippen LogP contribution in [-0.2, 0) is 6.18 Å². The molecule has 0 spiro atoms. The largest absolute Gasteiger partial charge is 0.481 e. The maximum Gasteiger partial charge on any atom is 0.425 e. The van der Waals surface area contributed by atoms with Crippen LogP contribution in [-0.4, -0.2) is 17.1 Å². The first kappa shape index (κ1) is 17.0. The van der Waals surface area contributed by atoms with Crippen LogP contribution in [0.25, 0.3) is 11.4 Å².